The molecule has 0 atom stereocenters. The zero-order valence-corrected chi connectivity index (χ0v) is 16.6. The van der Waals surface area contributed by atoms with Crippen molar-refractivity contribution < 1.29 is 9.47 Å². The van der Waals surface area contributed by atoms with Crippen LogP contribution >= 0.6 is 12.4 Å². The van der Waals surface area contributed by atoms with Crippen molar-refractivity contribution >= 4 is 29.0 Å². The number of H-pyrrole nitrogens is 1. The van der Waals surface area contributed by atoms with Crippen LogP contribution in [0.25, 0.3) is 22.0 Å². The SMILES string of the molecule is COCCCNc1ccc(C)c2c(=O)c(-c3ccc(OC)cc3)c[nH]c12.Cl. The normalized spacial score (nSPS) is 10.5. The molecule has 6 heteroatoms. The maximum atomic E-state index is 13.1. The third kappa shape index (κ3) is 4.43. The molecule has 0 saturated heterocycles. The Bertz CT molecular complexity index is 952. The second-order valence-corrected chi connectivity index (χ2v) is 6.21. The van der Waals surface area contributed by atoms with E-state index in [1.165, 1.54) is 0 Å². The summed E-state index contributed by atoms with van der Waals surface area (Å²) in [6, 6.07) is 11.5. The fourth-order valence-corrected chi connectivity index (χ4v) is 3.07. The molecule has 1 heterocycles. The second kappa shape index (κ2) is 9.44. The van der Waals surface area contributed by atoms with Crippen molar-refractivity contribution in [3.8, 4) is 16.9 Å². The largest absolute Gasteiger partial charge is 0.497 e. The van der Waals surface area contributed by atoms with Gasteiger partial charge in [0.15, 0.2) is 5.43 Å². The predicted octanol–water partition coefficient (Wildman–Crippen LogP) is 4.38. The number of methoxy groups -OCH3 is 2. The van der Waals surface area contributed by atoms with Crippen molar-refractivity contribution in [3.05, 3.63) is 58.4 Å². The van der Waals surface area contributed by atoms with E-state index < -0.39 is 0 Å². The van der Waals surface area contributed by atoms with Crippen LogP contribution in [0.2, 0.25) is 0 Å². The van der Waals surface area contributed by atoms with Gasteiger partial charge in [-0.15, -0.1) is 12.4 Å². The molecule has 0 fully saturated rings. The predicted molar refractivity (Wildman–Crippen MR) is 114 cm³/mol. The molecule has 3 aromatic rings. The van der Waals surface area contributed by atoms with Crippen LogP contribution in [0, 0.1) is 6.92 Å². The molecule has 27 heavy (non-hydrogen) atoms. The number of aryl methyl sites for hydroxylation is 1. The van der Waals surface area contributed by atoms with E-state index in [0.29, 0.717) is 12.2 Å². The molecule has 0 aliphatic heterocycles. The molecule has 144 valence electrons. The topological polar surface area (TPSA) is 63.4 Å². The fourth-order valence-electron chi connectivity index (χ4n) is 3.07. The number of fused-ring (bicyclic) bond motifs is 1. The summed E-state index contributed by atoms with van der Waals surface area (Å²) in [5, 5.41) is 4.10. The molecule has 0 spiro atoms. The first-order valence-corrected chi connectivity index (χ1v) is 8.68. The van der Waals surface area contributed by atoms with E-state index in [4.69, 9.17) is 9.47 Å². The number of benzene rings is 2. The molecular formula is C21H25ClN2O3. The summed E-state index contributed by atoms with van der Waals surface area (Å²) < 4.78 is 10.3. The maximum Gasteiger partial charge on any atom is 0.197 e. The monoisotopic (exact) mass is 388 g/mol. The molecule has 0 amide bonds. The number of ether oxygens (including phenoxy) is 2. The van der Waals surface area contributed by atoms with Crippen LogP contribution in [0.5, 0.6) is 5.75 Å². The van der Waals surface area contributed by atoms with Crippen molar-refractivity contribution in [1.82, 2.24) is 4.98 Å². The molecule has 0 radical (unpaired) electrons. The number of halogens is 1. The molecule has 0 aliphatic carbocycles. The molecule has 1 aromatic heterocycles. The van der Waals surface area contributed by atoms with Gasteiger partial charge in [0.1, 0.15) is 5.75 Å². The summed E-state index contributed by atoms with van der Waals surface area (Å²) in [7, 11) is 3.32. The minimum absolute atomic E-state index is 0. The molecular weight excluding hydrogens is 364 g/mol. The minimum Gasteiger partial charge on any atom is -0.497 e. The average molecular weight is 389 g/mol. The Morgan fingerprint density at radius 3 is 2.48 bits per heavy atom. The lowest BCUT2D eigenvalue weighted by molar-refractivity contribution is 0.198. The van der Waals surface area contributed by atoms with Crippen LogP contribution < -0.4 is 15.5 Å². The summed E-state index contributed by atoms with van der Waals surface area (Å²) in [6.45, 7) is 3.45. The number of hydrogen-bond donors (Lipinski definition) is 2. The Kier molecular flexibility index (Phi) is 7.28. The van der Waals surface area contributed by atoms with Gasteiger partial charge in [-0.25, -0.2) is 0 Å². The highest BCUT2D eigenvalue weighted by atomic mass is 35.5. The van der Waals surface area contributed by atoms with Gasteiger partial charge in [0, 0.05) is 32.0 Å². The Balaban J connectivity index is 0.00000261. The van der Waals surface area contributed by atoms with Gasteiger partial charge in [0.2, 0.25) is 0 Å². The van der Waals surface area contributed by atoms with Gasteiger partial charge in [-0.1, -0.05) is 18.2 Å². The minimum atomic E-state index is 0. The lowest BCUT2D eigenvalue weighted by Crippen LogP contribution is -2.11. The van der Waals surface area contributed by atoms with Crippen LogP contribution in [0.4, 0.5) is 5.69 Å². The lowest BCUT2D eigenvalue weighted by Gasteiger charge is -2.12. The van der Waals surface area contributed by atoms with Crippen molar-refractivity contribution in [2.75, 3.05) is 32.7 Å². The highest BCUT2D eigenvalue weighted by Crippen LogP contribution is 2.26. The number of pyridine rings is 1. The summed E-state index contributed by atoms with van der Waals surface area (Å²) in [6.07, 6.45) is 2.69. The van der Waals surface area contributed by atoms with Crippen molar-refractivity contribution in [2.45, 2.75) is 13.3 Å². The summed E-state index contributed by atoms with van der Waals surface area (Å²) >= 11 is 0. The van der Waals surface area contributed by atoms with Crippen LogP contribution in [0.1, 0.15) is 12.0 Å². The van der Waals surface area contributed by atoms with E-state index >= 15 is 0 Å². The number of nitrogens with one attached hydrogen (secondary N) is 2. The Hall–Kier alpha value is -2.50. The average Bonchev–Trinajstić information content (AvgIpc) is 2.67. The summed E-state index contributed by atoms with van der Waals surface area (Å²) in [5.41, 5.74) is 4.28. The summed E-state index contributed by atoms with van der Waals surface area (Å²) in [4.78, 5) is 16.4. The van der Waals surface area contributed by atoms with Gasteiger partial charge in [0.05, 0.1) is 23.7 Å². The lowest BCUT2D eigenvalue weighted by atomic mass is 10.0. The molecule has 2 N–H and O–H groups in total. The molecule has 0 saturated carbocycles. The first-order chi connectivity index (χ1) is 12.7. The first-order valence-electron chi connectivity index (χ1n) is 8.68. The van der Waals surface area contributed by atoms with E-state index in [2.05, 4.69) is 10.3 Å². The van der Waals surface area contributed by atoms with Gasteiger partial charge >= 0.3 is 0 Å². The van der Waals surface area contributed by atoms with E-state index in [1.54, 1.807) is 20.4 Å². The molecule has 2 aromatic carbocycles. The van der Waals surface area contributed by atoms with Gasteiger partial charge < -0.3 is 19.8 Å². The van der Waals surface area contributed by atoms with Crippen molar-refractivity contribution in [2.24, 2.45) is 0 Å². The Morgan fingerprint density at radius 1 is 1.07 bits per heavy atom. The van der Waals surface area contributed by atoms with Crippen LogP contribution in [0.15, 0.2) is 47.4 Å². The second-order valence-electron chi connectivity index (χ2n) is 6.21. The quantitative estimate of drug-likeness (QED) is 0.589. The number of aromatic nitrogens is 1. The van der Waals surface area contributed by atoms with Crippen LogP contribution in [0.3, 0.4) is 0 Å². The number of aromatic amines is 1. The van der Waals surface area contributed by atoms with Crippen LogP contribution in [-0.4, -0.2) is 32.4 Å². The van der Waals surface area contributed by atoms with Crippen molar-refractivity contribution in [1.29, 1.82) is 0 Å². The van der Waals surface area contributed by atoms with Gasteiger partial charge in [0.25, 0.3) is 0 Å². The third-order valence-electron chi connectivity index (χ3n) is 4.49. The zero-order valence-electron chi connectivity index (χ0n) is 15.8. The molecule has 0 bridgehead atoms. The van der Waals surface area contributed by atoms with Gasteiger partial charge in [-0.2, -0.15) is 0 Å². The molecule has 3 rings (SSSR count). The fraction of sp³-hybridized carbons (Fsp3) is 0.286. The highest BCUT2D eigenvalue weighted by Gasteiger charge is 2.12. The van der Waals surface area contributed by atoms with Crippen LogP contribution in [-0.2, 0) is 4.74 Å². The van der Waals surface area contributed by atoms with E-state index in [-0.39, 0.29) is 17.8 Å². The number of anilines is 1. The summed E-state index contributed by atoms with van der Waals surface area (Å²) in [5.74, 6) is 0.768. The number of rotatable bonds is 7. The number of hydrogen-bond acceptors (Lipinski definition) is 4. The zero-order chi connectivity index (χ0) is 18.5. The molecule has 5 nitrogen and oxygen atoms in total. The highest BCUT2D eigenvalue weighted by molar-refractivity contribution is 5.94. The smallest absolute Gasteiger partial charge is 0.197 e. The van der Waals surface area contributed by atoms with E-state index in [0.717, 1.165) is 46.4 Å². The molecule has 0 aliphatic rings. The maximum absolute atomic E-state index is 13.1. The van der Waals surface area contributed by atoms with Gasteiger partial charge in [-0.3, -0.25) is 4.79 Å². The van der Waals surface area contributed by atoms with Crippen molar-refractivity contribution in [3.63, 3.8) is 0 Å². The van der Waals surface area contributed by atoms with E-state index in [1.807, 2.05) is 43.3 Å². The van der Waals surface area contributed by atoms with E-state index in [9.17, 15) is 4.79 Å². The Labute approximate surface area is 165 Å². The first kappa shape index (κ1) is 20.8. The standard InChI is InChI=1S/C21H24N2O3.ClH/c1-14-5-10-18(22-11-4-12-25-2)20-19(14)21(24)17(13-23-20)15-6-8-16(26-3)9-7-15;/h5-10,13,22H,4,11-12H2,1-3H3,(H,23,24);1H. The third-order valence-corrected chi connectivity index (χ3v) is 4.49. The Morgan fingerprint density at radius 2 is 1.81 bits per heavy atom. The molecule has 0 unspecified atom stereocenters. The van der Waals surface area contributed by atoms with Gasteiger partial charge in [-0.05, 0) is 42.7 Å².